The van der Waals surface area contributed by atoms with E-state index in [1.54, 1.807) is 12.3 Å². The molecule has 2 saturated heterocycles. The van der Waals surface area contributed by atoms with Crippen molar-refractivity contribution in [3.63, 3.8) is 0 Å². The lowest BCUT2D eigenvalue weighted by Crippen LogP contribution is -2.56. The summed E-state index contributed by atoms with van der Waals surface area (Å²) in [6, 6.07) is 10.1. The van der Waals surface area contributed by atoms with Gasteiger partial charge in [-0.15, -0.1) is 0 Å². The molecule has 7 heteroatoms. The first kappa shape index (κ1) is 19.6. The summed E-state index contributed by atoms with van der Waals surface area (Å²) in [6.07, 6.45) is 3.23. The number of carbonyl (C=O) groups excluding carboxylic acids is 1. The molecule has 0 bridgehead atoms. The van der Waals surface area contributed by atoms with Gasteiger partial charge in [-0.25, -0.2) is 0 Å². The maximum Gasteiger partial charge on any atom is 0.253 e. The fourth-order valence-electron chi connectivity index (χ4n) is 4.38. The number of nitriles is 1. The van der Waals surface area contributed by atoms with Gasteiger partial charge in [0, 0.05) is 43.4 Å². The van der Waals surface area contributed by atoms with Gasteiger partial charge in [-0.2, -0.15) is 5.26 Å². The Morgan fingerprint density at radius 3 is 3.00 bits per heavy atom. The van der Waals surface area contributed by atoms with Gasteiger partial charge in [0.2, 0.25) is 0 Å². The van der Waals surface area contributed by atoms with Crippen molar-refractivity contribution in [2.75, 3.05) is 38.1 Å². The molecule has 3 heterocycles. The standard InChI is InChI=1S/C22H27N5O2/c1-15-13-27(19-8-7-16(11-23)21-18(19)6-4-10-25-21)14-20(29-15)22(28)26(2)17-5-3-9-24-12-17/h4,6-8,10,15,17,20,24H,3,5,9,12-14H2,1-2H3/t15-,17?,20-/m1/s1. The van der Waals surface area contributed by atoms with Gasteiger partial charge >= 0.3 is 0 Å². The lowest BCUT2D eigenvalue weighted by Gasteiger charge is -2.41. The number of nitrogens with zero attached hydrogens (tertiary/aromatic N) is 4. The molecule has 1 aromatic carbocycles. The van der Waals surface area contributed by atoms with Crippen molar-refractivity contribution in [3.8, 4) is 6.07 Å². The molecule has 2 aromatic rings. The normalized spacial score (nSPS) is 24.9. The quantitative estimate of drug-likeness (QED) is 0.858. The van der Waals surface area contributed by atoms with E-state index in [-0.39, 0.29) is 18.1 Å². The number of hydrogen-bond donors (Lipinski definition) is 1. The summed E-state index contributed by atoms with van der Waals surface area (Å²) in [7, 11) is 1.88. The van der Waals surface area contributed by atoms with Gasteiger partial charge in [-0.1, -0.05) is 0 Å². The maximum absolute atomic E-state index is 13.2. The average Bonchev–Trinajstić information content (AvgIpc) is 2.77. The second kappa shape index (κ2) is 8.36. The highest BCUT2D eigenvalue weighted by molar-refractivity contribution is 5.95. The van der Waals surface area contributed by atoms with Crippen molar-refractivity contribution >= 4 is 22.5 Å². The smallest absolute Gasteiger partial charge is 0.253 e. The van der Waals surface area contributed by atoms with Crippen LogP contribution in [0.1, 0.15) is 25.3 Å². The van der Waals surface area contributed by atoms with E-state index in [9.17, 15) is 10.1 Å². The molecule has 1 N–H and O–H groups in total. The van der Waals surface area contributed by atoms with Crippen LogP contribution in [0.4, 0.5) is 5.69 Å². The molecule has 1 amide bonds. The minimum Gasteiger partial charge on any atom is -0.365 e. The summed E-state index contributed by atoms with van der Waals surface area (Å²) >= 11 is 0. The first-order valence-corrected chi connectivity index (χ1v) is 10.2. The van der Waals surface area contributed by atoms with Gasteiger partial charge in [0.1, 0.15) is 6.07 Å². The van der Waals surface area contributed by atoms with Crippen LogP contribution in [0, 0.1) is 11.3 Å². The van der Waals surface area contributed by atoms with Crippen LogP contribution in [0.2, 0.25) is 0 Å². The Bertz CT molecular complexity index is 934. The second-order valence-corrected chi connectivity index (χ2v) is 7.93. The zero-order valence-corrected chi connectivity index (χ0v) is 17.0. The van der Waals surface area contributed by atoms with E-state index in [4.69, 9.17) is 4.74 Å². The number of hydrogen-bond acceptors (Lipinski definition) is 6. The predicted molar refractivity (Wildman–Crippen MR) is 112 cm³/mol. The van der Waals surface area contributed by atoms with Crippen LogP contribution in [0.25, 0.3) is 10.9 Å². The van der Waals surface area contributed by atoms with Crippen LogP contribution in [0.5, 0.6) is 0 Å². The second-order valence-electron chi connectivity index (χ2n) is 7.93. The molecule has 152 valence electrons. The number of likely N-dealkylation sites (N-methyl/N-ethyl adjacent to an activating group) is 1. The molecule has 1 aromatic heterocycles. The summed E-state index contributed by atoms with van der Waals surface area (Å²) < 4.78 is 6.05. The van der Waals surface area contributed by atoms with Gasteiger partial charge in [0.25, 0.3) is 5.91 Å². The molecule has 3 atom stereocenters. The number of fused-ring (bicyclic) bond motifs is 1. The molecule has 1 unspecified atom stereocenters. The number of morpholine rings is 1. The summed E-state index contributed by atoms with van der Waals surface area (Å²) in [4.78, 5) is 21.6. The number of amides is 1. The molecule has 0 radical (unpaired) electrons. The zero-order chi connectivity index (χ0) is 20.4. The molecule has 7 nitrogen and oxygen atoms in total. The number of carbonyl (C=O) groups is 1. The van der Waals surface area contributed by atoms with E-state index in [0.717, 1.165) is 37.0 Å². The molecule has 2 fully saturated rings. The third kappa shape index (κ3) is 3.91. The van der Waals surface area contributed by atoms with Crippen LogP contribution < -0.4 is 10.2 Å². The highest BCUT2D eigenvalue weighted by Gasteiger charge is 2.35. The van der Waals surface area contributed by atoms with Crippen LogP contribution in [0.15, 0.2) is 30.5 Å². The number of anilines is 1. The van der Waals surface area contributed by atoms with E-state index < -0.39 is 6.10 Å². The summed E-state index contributed by atoms with van der Waals surface area (Å²) in [5.74, 6) is 0.0336. The monoisotopic (exact) mass is 393 g/mol. The van der Waals surface area contributed by atoms with Gasteiger partial charge in [0.05, 0.1) is 23.7 Å². The van der Waals surface area contributed by atoms with Crippen LogP contribution >= 0.6 is 0 Å². The third-order valence-corrected chi connectivity index (χ3v) is 5.91. The molecule has 0 aliphatic carbocycles. The fourth-order valence-corrected chi connectivity index (χ4v) is 4.38. The largest absolute Gasteiger partial charge is 0.365 e. The van der Waals surface area contributed by atoms with Gasteiger partial charge in [-0.3, -0.25) is 9.78 Å². The highest BCUT2D eigenvalue weighted by atomic mass is 16.5. The molecule has 0 spiro atoms. The van der Waals surface area contributed by atoms with Crippen molar-refractivity contribution in [2.45, 2.75) is 38.0 Å². The minimum absolute atomic E-state index is 0.0336. The fraction of sp³-hybridized carbons (Fsp3) is 0.500. The predicted octanol–water partition coefficient (Wildman–Crippen LogP) is 1.91. The van der Waals surface area contributed by atoms with Gasteiger partial charge in [0.15, 0.2) is 6.10 Å². The molecule has 29 heavy (non-hydrogen) atoms. The van der Waals surface area contributed by atoms with Crippen LogP contribution in [-0.4, -0.2) is 67.3 Å². The molecule has 2 aliphatic rings. The van der Waals surface area contributed by atoms with Crippen molar-refractivity contribution < 1.29 is 9.53 Å². The van der Waals surface area contributed by atoms with Crippen LogP contribution in [-0.2, 0) is 9.53 Å². The Hall–Kier alpha value is -2.69. The Kier molecular flexibility index (Phi) is 5.65. The van der Waals surface area contributed by atoms with Crippen molar-refractivity contribution in [2.24, 2.45) is 0 Å². The highest BCUT2D eigenvalue weighted by Crippen LogP contribution is 2.30. The number of pyridine rings is 1. The minimum atomic E-state index is -0.506. The SMILES string of the molecule is C[C@@H]1CN(c2ccc(C#N)c3ncccc23)C[C@H](C(=O)N(C)C2CCCNC2)O1. The van der Waals surface area contributed by atoms with E-state index in [2.05, 4.69) is 21.3 Å². The van der Waals surface area contributed by atoms with Crippen LogP contribution in [0.3, 0.4) is 0 Å². The maximum atomic E-state index is 13.2. The summed E-state index contributed by atoms with van der Waals surface area (Å²) in [5, 5.41) is 13.7. The summed E-state index contributed by atoms with van der Waals surface area (Å²) in [6.45, 7) is 5.03. The number of rotatable bonds is 3. The van der Waals surface area contributed by atoms with Crippen molar-refractivity contribution in [1.82, 2.24) is 15.2 Å². The van der Waals surface area contributed by atoms with Crippen molar-refractivity contribution in [1.29, 1.82) is 5.26 Å². The van der Waals surface area contributed by atoms with Gasteiger partial charge in [-0.05, 0) is 50.6 Å². The Morgan fingerprint density at radius 2 is 2.24 bits per heavy atom. The van der Waals surface area contributed by atoms with E-state index >= 15 is 0 Å². The van der Waals surface area contributed by atoms with Crippen molar-refractivity contribution in [3.05, 3.63) is 36.0 Å². The Balaban J connectivity index is 1.59. The zero-order valence-electron chi connectivity index (χ0n) is 17.0. The van der Waals surface area contributed by atoms with E-state index in [1.165, 1.54) is 0 Å². The Labute approximate surface area is 171 Å². The number of nitrogens with one attached hydrogen (secondary N) is 1. The first-order valence-electron chi connectivity index (χ1n) is 10.2. The number of benzene rings is 1. The third-order valence-electron chi connectivity index (χ3n) is 5.91. The molecule has 4 rings (SSSR count). The van der Waals surface area contributed by atoms with Gasteiger partial charge < -0.3 is 19.9 Å². The number of ether oxygens (including phenoxy) is 1. The number of aromatic nitrogens is 1. The van der Waals surface area contributed by atoms with E-state index in [0.29, 0.717) is 24.2 Å². The lowest BCUT2D eigenvalue weighted by molar-refractivity contribution is -0.149. The lowest BCUT2D eigenvalue weighted by atomic mass is 10.0. The van der Waals surface area contributed by atoms with E-state index in [1.807, 2.05) is 37.1 Å². The average molecular weight is 393 g/mol. The molecular formula is C22H27N5O2. The molecular weight excluding hydrogens is 366 g/mol. The Morgan fingerprint density at radius 1 is 1.38 bits per heavy atom. The topological polar surface area (TPSA) is 81.5 Å². The number of piperidine rings is 1. The first-order chi connectivity index (χ1) is 14.1. The summed E-state index contributed by atoms with van der Waals surface area (Å²) in [5.41, 5.74) is 2.24. The molecule has 0 saturated carbocycles. The molecule has 2 aliphatic heterocycles.